The van der Waals surface area contributed by atoms with Crippen molar-refractivity contribution in [1.29, 1.82) is 0 Å². The van der Waals surface area contributed by atoms with E-state index in [0.29, 0.717) is 4.90 Å². The van der Waals surface area contributed by atoms with Crippen molar-refractivity contribution in [1.82, 2.24) is 4.90 Å². The Bertz CT molecular complexity index is 1260. The van der Waals surface area contributed by atoms with Gasteiger partial charge in [0.1, 0.15) is 11.5 Å². The van der Waals surface area contributed by atoms with Gasteiger partial charge in [-0.05, 0) is 44.2 Å². The maximum atomic E-state index is 15.4. The molecule has 1 fully saturated rings. The first kappa shape index (κ1) is 29.2. The fourth-order valence-corrected chi connectivity index (χ4v) is 5.79. The quantitative estimate of drug-likeness (QED) is 0.256. The maximum absolute atomic E-state index is 15.4. The molecule has 0 radical (unpaired) electrons. The molecule has 2 aromatic rings. The van der Waals surface area contributed by atoms with Gasteiger partial charge in [-0.3, -0.25) is 19.0 Å². The van der Waals surface area contributed by atoms with Gasteiger partial charge in [-0.25, -0.2) is 8.78 Å². The van der Waals surface area contributed by atoms with Crippen LogP contribution in [0.15, 0.2) is 60.8 Å². The van der Waals surface area contributed by atoms with E-state index in [1.54, 1.807) is 24.3 Å². The number of ketones is 1. The summed E-state index contributed by atoms with van der Waals surface area (Å²) in [6.07, 6.45) is -8.05. The Morgan fingerprint density at radius 1 is 1.05 bits per heavy atom. The molecule has 0 bridgehead atoms. The first-order valence-corrected chi connectivity index (χ1v) is 14.1. The molecule has 2 aromatic carbocycles. The summed E-state index contributed by atoms with van der Waals surface area (Å²) in [5.41, 5.74) is -2.01. The monoisotopic (exact) mass is 589 g/mol. The van der Waals surface area contributed by atoms with E-state index in [2.05, 4.69) is 0 Å². The SMILES string of the molecule is Cc1ccc(OP(=S)(OC[C@@]2(C(F)F)O[C@@H](N3C=CC(=O)CC3=O)[C@H](O)C2(F)F)Oc2ccc(C)cc2)cc1. The van der Waals surface area contributed by atoms with Gasteiger partial charge in [0.05, 0.1) is 13.0 Å². The smallest absolute Gasteiger partial charge is 0.416 e. The third kappa shape index (κ3) is 5.87. The zero-order valence-electron chi connectivity index (χ0n) is 20.6. The summed E-state index contributed by atoms with van der Waals surface area (Å²) in [4.78, 5) is 24.2. The van der Waals surface area contributed by atoms with Gasteiger partial charge >= 0.3 is 12.6 Å². The molecule has 1 saturated heterocycles. The van der Waals surface area contributed by atoms with Gasteiger partial charge in [-0.2, -0.15) is 8.78 Å². The van der Waals surface area contributed by atoms with Crippen molar-refractivity contribution >= 4 is 30.2 Å². The lowest BCUT2D eigenvalue weighted by molar-refractivity contribution is -0.243. The van der Waals surface area contributed by atoms with Crippen LogP contribution in [0, 0.1) is 13.8 Å². The highest BCUT2D eigenvalue weighted by Crippen LogP contribution is 2.55. The summed E-state index contributed by atoms with van der Waals surface area (Å²) >= 11 is 5.42. The Balaban J connectivity index is 1.65. The predicted molar refractivity (Wildman–Crippen MR) is 134 cm³/mol. The zero-order valence-corrected chi connectivity index (χ0v) is 22.3. The van der Waals surface area contributed by atoms with Gasteiger partial charge in [0.2, 0.25) is 11.5 Å². The van der Waals surface area contributed by atoms with E-state index in [9.17, 15) is 23.5 Å². The van der Waals surface area contributed by atoms with E-state index >= 15 is 8.78 Å². The van der Waals surface area contributed by atoms with Gasteiger partial charge in [0.15, 0.2) is 18.1 Å². The van der Waals surface area contributed by atoms with E-state index < -0.39 is 61.7 Å². The van der Waals surface area contributed by atoms with Crippen molar-refractivity contribution in [2.75, 3.05) is 6.61 Å². The van der Waals surface area contributed by atoms with Gasteiger partial charge < -0.3 is 18.9 Å². The first-order valence-electron chi connectivity index (χ1n) is 11.6. The number of carbonyl (C=O) groups is 2. The minimum atomic E-state index is -4.63. The molecule has 39 heavy (non-hydrogen) atoms. The van der Waals surface area contributed by atoms with Gasteiger partial charge in [0.25, 0.3) is 6.43 Å². The summed E-state index contributed by atoms with van der Waals surface area (Å²) in [7, 11) is 0. The van der Waals surface area contributed by atoms with Crippen LogP contribution in [0.2, 0.25) is 0 Å². The molecule has 3 atom stereocenters. The molecule has 4 rings (SSSR count). The summed E-state index contributed by atoms with van der Waals surface area (Å²) in [6.45, 7) is -2.05. The second-order valence-electron chi connectivity index (χ2n) is 9.06. The molecular weight excluding hydrogens is 565 g/mol. The number of alkyl halides is 4. The highest BCUT2D eigenvalue weighted by Gasteiger charge is 2.74. The predicted octanol–water partition coefficient (Wildman–Crippen LogP) is 4.67. The molecule has 2 aliphatic heterocycles. The maximum Gasteiger partial charge on any atom is 0.435 e. The number of halogens is 4. The third-order valence-corrected chi connectivity index (χ3v) is 8.19. The van der Waals surface area contributed by atoms with Gasteiger partial charge in [0, 0.05) is 18.0 Å². The number of hydrogen-bond acceptors (Lipinski definition) is 8. The second-order valence-corrected chi connectivity index (χ2v) is 11.9. The number of carbonyl (C=O) groups excluding carboxylic acids is 2. The van der Waals surface area contributed by atoms with Gasteiger partial charge in [-0.15, -0.1) is 0 Å². The Morgan fingerprint density at radius 2 is 1.56 bits per heavy atom. The molecule has 0 saturated carbocycles. The Hall–Kier alpha value is -2.83. The van der Waals surface area contributed by atoms with Crippen LogP contribution in [-0.4, -0.2) is 58.6 Å². The molecule has 0 aliphatic carbocycles. The topological polar surface area (TPSA) is 94.5 Å². The largest absolute Gasteiger partial charge is 0.435 e. The normalized spacial score (nSPS) is 24.9. The lowest BCUT2D eigenvalue weighted by atomic mass is 9.95. The molecule has 1 N–H and O–H groups in total. The summed E-state index contributed by atoms with van der Waals surface area (Å²) in [6, 6.07) is 12.7. The molecule has 0 aromatic heterocycles. The highest BCUT2D eigenvalue weighted by molar-refractivity contribution is 8.07. The average molecular weight is 590 g/mol. The number of aryl methyl sites for hydroxylation is 2. The van der Waals surface area contributed by atoms with Crippen LogP contribution in [0.3, 0.4) is 0 Å². The summed E-state index contributed by atoms with van der Waals surface area (Å²) in [5.74, 6) is -6.00. The fraction of sp³-hybridized carbons (Fsp3) is 0.360. The number of ether oxygens (including phenoxy) is 1. The van der Waals surface area contributed by atoms with Crippen LogP contribution in [0.4, 0.5) is 17.6 Å². The minimum absolute atomic E-state index is 0.132. The van der Waals surface area contributed by atoms with Crippen molar-refractivity contribution < 1.29 is 50.6 Å². The standard InChI is InChI=1S/C25H24F4NO7PS/c1-15-3-7-18(8-4-15)36-38(39,37-19-9-5-16(2)6-10-19)34-14-24(23(26)27)25(28,29)21(33)22(35-24)30-12-11-17(31)13-20(30)32/h3-12,21-23,33H,13-14H2,1-2H3/t21-,22+,24-/m0/s1. The lowest BCUT2D eigenvalue weighted by Gasteiger charge is -2.34. The molecule has 14 heteroatoms. The van der Waals surface area contributed by atoms with E-state index in [1.165, 1.54) is 24.3 Å². The Morgan fingerprint density at radius 3 is 2.03 bits per heavy atom. The van der Waals surface area contributed by atoms with Crippen molar-refractivity contribution in [2.45, 2.75) is 50.5 Å². The van der Waals surface area contributed by atoms with Crippen molar-refractivity contribution in [2.24, 2.45) is 0 Å². The molecule has 0 unspecified atom stereocenters. The minimum Gasteiger partial charge on any atom is -0.416 e. The number of allylic oxidation sites excluding steroid dienone is 1. The third-order valence-electron chi connectivity index (χ3n) is 6.11. The molecule has 8 nitrogen and oxygen atoms in total. The van der Waals surface area contributed by atoms with Crippen molar-refractivity contribution in [3.63, 3.8) is 0 Å². The summed E-state index contributed by atoms with van der Waals surface area (Å²) < 4.78 is 81.4. The van der Waals surface area contributed by atoms with Crippen molar-refractivity contribution in [3.05, 3.63) is 71.9 Å². The number of benzene rings is 2. The second kappa shape index (κ2) is 11.0. The van der Waals surface area contributed by atoms with Gasteiger partial charge in [-0.1, -0.05) is 35.4 Å². The Labute approximate surface area is 226 Å². The van der Waals surface area contributed by atoms with E-state index in [1.807, 2.05) is 13.8 Å². The highest BCUT2D eigenvalue weighted by atomic mass is 32.5. The molecule has 2 heterocycles. The zero-order chi connectivity index (χ0) is 28.6. The molecule has 1 amide bonds. The number of rotatable bonds is 9. The fourth-order valence-electron chi connectivity index (χ4n) is 3.86. The number of hydrogen-bond donors (Lipinski definition) is 1. The van der Waals surface area contributed by atoms with Crippen LogP contribution < -0.4 is 9.05 Å². The molecule has 210 valence electrons. The first-order chi connectivity index (χ1) is 18.3. The van der Waals surface area contributed by atoms with E-state index in [-0.39, 0.29) is 11.5 Å². The van der Waals surface area contributed by atoms with Crippen LogP contribution in [-0.2, 0) is 30.7 Å². The molecule has 2 aliphatic rings. The van der Waals surface area contributed by atoms with Crippen LogP contribution in [0.1, 0.15) is 17.5 Å². The van der Waals surface area contributed by atoms with E-state index in [0.717, 1.165) is 23.4 Å². The van der Waals surface area contributed by atoms with Crippen LogP contribution >= 0.6 is 6.72 Å². The number of amides is 1. The number of nitrogens with zero attached hydrogens (tertiary/aromatic N) is 1. The molecular formula is C25H24F4NO7PS. The Kier molecular flexibility index (Phi) is 8.21. The summed E-state index contributed by atoms with van der Waals surface area (Å²) in [5, 5.41) is 10.3. The van der Waals surface area contributed by atoms with Crippen molar-refractivity contribution in [3.8, 4) is 11.5 Å². The van der Waals surface area contributed by atoms with Crippen LogP contribution in [0.25, 0.3) is 0 Å². The van der Waals surface area contributed by atoms with Crippen LogP contribution in [0.5, 0.6) is 11.5 Å². The lowest BCUT2D eigenvalue weighted by Crippen LogP contribution is -2.57. The number of aliphatic hydroxyl groups excluding tert-OH is 1. The number of aliphatic hydroxyl groups is 1. The molecule has 0 spiro atoms. The van der Waals surface area contributed by atoms with E-state index in [4.69, 9.17) is 30.1 Å². The average Bonchev–Trinajstić information content (AvgIpc) is 3.07.